The highest BCUT2D eigenvalue weighted by Gasteiger charge is 2.31. The number of aryl methyl sites for hydroxylation is 2. The number of carboxylic acids is 1. The van der Waals surface area contributed by atoms with Gasteiger partial charge in [0.25, 0.3) is 0 Å². The number of benzene rings is 1. The van der Waals surface area contributed by atoms with Crippen molar-refractivity contribution in [1.29, 1.82) is 0 Å². The first-order valence-electron chi connectivity index (χ1n) is 12.7. The number of nitrogens with zero attached hydrogens (tertiary/aromatic N) is 4. The quantitative estimate of drug-likeness (QED) is 0.279. The van der Waals surface area contributed by atoms with Gasteiger partial charge in [-0.1, -0.05) is 36.2 Å². The summed E-state index contributed by atoms with van der Waals surface area (Å²) in [6.07, 6.45) is 10.7. The highest BCUT2D eigenvalue weighted by Crippen LogP contribution is 2.42. The zero-order chi connectivity index (χ0) is 25.5. The predicted molar refractivity (Wildman–Crippen MR) is 141 cm³/mol. The molecule has 1 aliphatic rings. The van der Waals surface area contributed by atoms with Gasteiger partial charge in [-0.05, 0) is 68.5 Å². The van der Waals surface area contributed by atoms with Gasteiger partial charge in [0.2, 0.25) is 0 Å². The van der Waals surface area contributed by atoms with Crippen LogP contribution in [0, 0.1) is 19.8 Å². The van der Waals surface area contributed by atoms with Gasteiger partial charge < -0.3 is 14.2 Å². The lowest BCUT2D eigenvalue weighted by molar-refractivity contribution is 0.0697. The molecule has 6 rings (SSSR count). The fourth-order valence-corrected chi connectivity index (χ4v) is 5.83. The van der Waals surface area contributed by atoms with Gasteiger partial charge in [0.05, 0.1) is 34.0 Å². The molecular formula is C30H28N4O3. The van der Waals surface area contributed by atoms with Crippen molar-refractivity contribution in [3.63, 3.8) is 0 Å². The Labute approximate surface area is 214 Å². The number of aromatic nitrogens is 4. The minimum Gasteiger partial charge on any atom is -0.478 e. The van der Waals surface area contributed by atoms with Crippen molar-refractivity contribution in [3.05, 3.63) is 89.8 Å². The van der Waals surface area contributed by atoms with Crippen LogP contribution >= 0.6 is 0 Å². The molecule has 1 N–H and O–H groups in total. The summed E-state index contributed by atoms with van der Waals surface area (Å²) in [5.74, 6) is 0.293. The molecule has 1 aromatic carbocycles. The third kappa shape index (κ3) is 4.10. The van der Waals surface area contributed by atoms with Gasteiger partial charge in [0, 0.05) is 35.3 Å². The van der Waals surface area contributed by atoms with Crippen molar-refractivity contribution < 1.29 is 14.4 Å². The van der Waals surface area contributed by atoms with Crippen LogP contribution in [-0.2, 0) is 0 Å². The molecule has 0 bridgehead atoms. The number of fused-ring (bicyclic) bond motifs is 1. The van der Waals surface area contributed by atoms with E-state index >= 15 is 0 Å². The Bertz CT molecular complexity index is 1560. The van der Waals surface area contributed by atoms with Crippen LogP contribution in [0.25, 0.3) is 33.3 Å². The average molecular weight is 493 g/mol. The summed E-state index contributed by atoms with van der Waals surface area (Å²) in [6.45, 7) is 3.86. The maximum Gasteiger partial charge on any atom is 0.335 e. The number of pyridine rings is 2. The zero-order valence-electron chi connectivity index (χ0n) is 20.9. The molecule has 1 aliphatic carbocycles. The summed E-state index contributed by atoms with van der Waals surface area (Å²) < 4.78 is 7.79. The predicted octanol–water partition coefficient (Wildman–Crippen LogP) is 6.85. The van der Waals surface area contributed by atoms with Gasteiger partial charge in [0.1, 0.15) is 5.76 Å². The second kappa shape index (κ2) is 9.32. The number of hydrogen-bond acceptors (Lipinski definition) is 5. The van der Waals surface area contributed by atoms with E-state index in [9.17, 15) is 9.90 Å². The summed E-state index contributed by atoms with van der Waals surface area (Å²) >= 11 is 0. The van der Waals surface area contributed by atoms with Crippen LogP contribution in [0.4, 0.5) is 0 Å². The fourth-order valence-electron chi connectivity index (χ4n) is 5.83. The lowest BCUT2D eigenvalue weighted by atomic mass is 9.94. The lowest BCUT2D eigenvalue weighted by Gasteiger charge is -2.26. The second-order valence-corrected chi connectivity index (χ2v) is 9.87. The maximum absolute atomic E-state index is 11.4. The van der Waals surface area contributed by atoms with Crippen LogP contribution in [0.2, 0.25) is 0 Å². The van der Waals surface area contributed by atoms with Gasteiger partial charge in [-0.15, -0.1) is 0 Å². The Balaban J connectivity index is 1.59. The number of carboxylic acid groups (broad SMARTS) is 1. The molecule has 0 spiro atoms. The van der Waals surface area contributed by atoms with E-state index in [0.29, 0.717) is 5.92 Å². The van der Waals surface area contributed by atoms with Gasteiger partial charge in [-0.2, -0.15) is 0 Å². The van der Waals surface area contributed by atoms with Crippen LogP contribution in [0.15, 0.2) is 71.6 Å². The molecule has 0 unspecified atom stereocenters. The van der Waals surface area contributed by atoms with E-state index < -0.39 is 5.97 Å². The molecular weight excluding hydrogens is 464 g/mol. The number of carbonyl (C=O) groups is 1. The normalized spacial score (nSPS) is 14.9. The summed E-state index contributed by atoms with van der Waals surface area (Å²) in [5.41, 5.74) is 7.84. The molecule has 1 atom stereocenters. The number of hydrogen-bond donors (Lipinski definition) is 1. The van der Waals surface area contributed by atoms with E-state index in [0.717, 1.165) is 63.3 Å². The molecule has 186 valence electrons. The van der Waals surface area contributed by atoms with E-state index in [1.54, 1.807) is 12.1 Å². The van der Waals surface area contributed by atoms with Crippen LogP contribution in [-0.4, -0.2) is 30.8 Å². The molecule has 0 amide bonds. The SMILES string of the molecule is Cc1noc(C)c1-c1cnc2c(-c3ccc(C(=O)O)cc3)cn([C@H](c3ccccn3)C3CCCC3)c2c1. The van der Waals surface area contributed by atoms with E-state index in [4.69, 9.17) is 14.5 Å². The monoisotopic (exact) mass is 492 g/mol. The van der Waals surface area contributed by atoms with Gasteiger partial charge in [0.15, 0.2) is 0 Å². The molecule has 0 saturated heterocycles. The van der Waals surface area contributed by atoms with Gasteiger partial charge >= 0.3 is 5.97 Å². The first-order chi connectivity index (χ1) is 18.0. The van der Waals surface area contributed by atoms with Crippen molar-refractivity contribution >= 4 is 17.0 Å². The molecule has 7 heteroatoms. The van der Waals surface area contributed by atoms with Crippen LogP contribution in [0.3, 0.4) is 0 Å². The van der Waals surface area contributed by atoms with Gasteiger partial charge in [-0.3, -0.25) is 9.97 Å². The highest BCUT2D eigenvalue weighted by molar-refractivity contribution is 5.96. The topological polar surface area (TPSA) is 94.0 Å². The van der Waals surface area contributed by atoms with E-state index in [1.807, 2.05) is 44.4 Å². The average Bonchev–Trinajstić information content (AvgIpc) is 3.65. The lowest BCUT2D eigenvalue weighted by Crippen LogP contribution is -2.19. The Kier molecular flexibility index (Phi) is 5.83. The molecule has 1 saturated carbocycles. The van der Waals surface area contributed by atoms with E-state index in [1.165, 1.54) is 12.8 Å². The largest absolute Gasteiger partial charge is 0.478 e. The first-order valence-corrected chi connectivity index (χ1v) is 12.7. The fraction of sp³-hybridized carbons (Fsp3) is 0.267. The maximum atomic E-state index is 11.4. The Morgan fingerprint density at radius 2 is 1.84 bits per heavy atom. The summed E-state index contributed by atoms with van der Waals surface area (Å²) in [7, 11) is 0. The highest BCUT2D eigenvalue weighted by atomic mass is 16.5. The zero-order valence-corrected chi connectivity index (χ0v) is 20.9. The van der Waals surface area contributed by atoms with Crippen LogP contribution in [0.1, 0.15) is 59.2 Å². The molecule has 4 heterocycles. The third-order valence-electron chi connectivity index (χ3n) is 7.57. The molecule has 7 nitrogen and oxygen atoms in total. The van der Waals surface area contributed by atoms with Crippen molar-refractivity contribution in [2.75, 3.05) is 0 Å². The molecule has 1 fully saturated rings. The Morgan fingerprint density at radius 3 is 2.49 bits per heavy atom. The first kappa shape index (κ1) is 23.2. The summed E-state index contributed by atoms with van der Waals surface area (Å²) in [6, 6.07) is 15.4. The molecule has 37 heavy (non-hydrogen) atoms. The number of rotatable bonds is 6. The Hall–Kier alpha value is -4.26. The second-order valence-electron chi connectivity index (χ2n) is 9.87. The Morgan fingerprint density at radius 1 is 1.05 bits per heavy atom. The minimum absolute atomic E-state index is 0.0694. The minimum atomic E-state index is -0.937. The van der Waals surface area contributed by atoms with Crippen molar-refractivity contribution in [2.45, 2.75) is 45.6 Å². The van der Waals surface area contributed by atoms with Crippen molar-refractivity contribution in [1.82, 2.24) is 19.7 Å². The smallest absolute Gasteiger partial charge is 0.335 e. The molecule has 0 radical (unpaired) electrons. The third-order valence-corrected chi connectivity index (χ3v) is 7.57. The number of aromatic carboxylic acids is 1. The standard InChI is InChI=1S/C30H28N4O3/c1-18-27(19(2)37-33-18)23-15-26-28(32-16-23)24(20-10-12-22(13-11-20)30(35)36)17-34(26)29(21-7-3-4-8-21)25-9-5-6-14-31-25/h5-6,9-17,21,29H,3-4,7-8H2,1-2H3,(H,35,36)/t29-/m0/s1. The summed E-state index contributed by atoms with van der Waals surface area (Å²) in [5, 5.41) is 13.5. The van der Waals surface area contributed by atoms with Crippen LogP contribution < -0.4 is 0 Å². The van der Waals surface area contributed by atoms with Crippen LogP contribution in [0.5, 0.6) is 0 Å². The van der Waals surface area contributed by atoms with Crippen molar-refractivity contribution in [3.8, 4) is 22.3 Å². The van der Waals surface area contributed by atoms with Gasteiger partial charge in [-0.25, -0.2) is 4.79 Å². The molecule has 0 aliphatic heterocycles. The molecule has 4 aromatic heterocycles. The van der Waals surface area contributed by atoms with E-state index in [-0.39, 0.29) is 11.6 Å². The summed E-state index contributed by atoms with van der Waals surface area (Å²) in [4.78, 5) is 21.2. The van der Waals surface area contributed by atoms with E-state index in [2.05, 4.69) is 34.1 Å². The van der Waals surface area contributed by atoms with Crippen molar-refractivity contribution in [2.24, 2.45) is 5.92 Å². The molecule has 5 aromatic rings.